The average molecular weight is 452 g/mol. The van der Waals surface area contributed by atoms with E-state index in [1.807, 2.05) is 69.3 Å². The van der Waals surface area contributed by atoms with Crippen molar-refractivity contribution >= 4 is 34.4 Å². The van der Waals surface area contributed by atoms with Crippen LogP contribution in [0.3, 0.4) is 0 Å². The van der Waals surface area contributed by atoms with Gasteiger partial charge in [0, 0.05) is 24.5 Å². The van der Waals surface area contributed by atoms with Crippen LogP contribution in [-0.4, -0.2) is 24.9 Å². The van der Waals surface area contributed by atoms with Crippen molar-refractivity contribution in [1.82, 2.24) is 0 Å². The monoisotopic (exact) mass is 451 g/mol. The molecule has 1 saturated heterocycles. The van der Waals surface area contributed by atoms with Gasteiger partial charge in [0.1, 0.15) is 5.70 Å². The van der Waals surface area contributed by atoms with Crippen molar-refractivity contribution in [3.05, 3.63) is 94.7 Å². The van der Waals surface area contributed by atoms with Crippen LogP contribution in [0.5, 0.6) is 0 Å². The third-order valence-electron chi connectivity index (χ3n) is 6.60. The second-order valence-electron chi connectivity index (χ2n) is 9.22. The van der Waals surface area contributed by atoms with Crippen LogP contribution in [0.25, 0.3) is 5.57 Å². The zero-order valence-corrected chi connectivity index (χ0v) is 19.9. The normalized spacial score (nSPS) is 16.1. The molecule has 5 rings (SSSR count). The van der Waals surface area contributed by atoms with Crippen LogP contribution in [0.2, 0.25) is 0 Å². The van der Waals surface area contributed by atoms with Gasteiger partial charge in [0.15, 0.2) is 0 Å². The van der Waals surface area contributed by atoms with Crippen molar-refractivity contribution < 1.29 is 9.59 Å². The van der Waals surface area contributed by atoms with Crippen LogP contribution >= 0.6 is 0 Å². The van der Waals surface area contributed by atoms with Gasteiger partial charge in [-0.3, -0.25) is 9.59 Å². The van der Waals surface area contributed by atoms with E-state index in [0.29, 0.717) is 17.0 Å². The van der Waals surface area contributed by atoms with Gasteiger partial charge in [0.25, 0.3) is 11.8 Å². The van der Waals surface area contributed by atoms with Crippen LogP contribution in [0.15, 0.2) is 72.4 Å². The van der Waals surface area contributed by atoms with E-state index in [4.69, 9.17) is 0 Å². The van der Waals surface area contributed by atoms with Gasteiger partial charge in [-0.2, -0.15) is 0 Å². The van der Waals surface area contributed by atoms with Crippen LogP contribution in [0, 0.1) is 20.8 Å². The molecule has 1 fully saturated rings. The highest BCUT2D eigenvalue weighted by molar-refractivity contribution is 6.46. The number of hydrogen-bond donors (Lipinski definition) is 1. The minimum Gasteiger partial charge on any atom is -0.372 e. The van der Waals surface area contributed by atoms with Crippen molar-refractivity contribution in [3.63, 3.8) is 0 Å². The number of imide groups is 1. The van der Waals surface area contributed by atoms with Gasteiger partial charge in [0.2, 0.25) is 0 Å². The molecular weight excluding hydrogens is 422 g/mol. The summed E-state index contributed by atoms with van der Waals surface area (Å²) in [7, 11) is 0. The first-order chi connectivity index (χ1) is 16.4. The highest BCUT2D eigenvalue weighted by atomic mass is 16.2. The van der Waals surface area contributed by atoms with Gasteiger partial charge < -0.3 is 10.2 Å². The van der Waals surface area contributed by atoms with E-state index in [1.165, 1.54) is 23.4 Å². The first kappa shape index (κ1) is 22.0. The number of carbonyl (C=O) groups is 2. The Hall–Kier alpha value is -3.86. The third kappa shape index (κ3) is 3.98. The second-order valence-corrected chi connectivity index (χ2v) is 9.22. The summed E-state index contributed by atoms with van der Waals surface area (Å²) in [6.45, 7) is 8.10. The van der Waals surface area contributed by atoms with Gasteiger partial charge >= 0.3 is 0 Å². The smallest absolute Gasteiger partial charge is 0.282 e. The summed E-state index contributed by atoms with van der Waals surface area (Å²) >= 11 is 0. The van der Waals surface area contributed by atoms with E-state index < -0.39 is 0 Å². The van der Waals surface area contributed by atoms with Gasteiger partial charge in [-0.15, -0.1) is 0 Å². The number of nitrogens with zero attached hydrogens (tertiary/aromatic N) is 2. The lowest BCUT2D eigenvalue weighted by Gasteiger charge is -2.18. The predicted molar refractivity (Wildman–Crippen MR) is 138 cm³/mol. The molecule has 0 spiro atoms. The average Bonchev–Trinajstić information content (AvgIpc) is 3.42. The highest BCUT2D eigenvalue weighted by Gasteiger charge is 2.40. The highest BCUT2D eigenvalue weighted by Crippen LogP contribution is 2.35. The molecule has 3 aromatic rings. The number of nitrogens with one attached hydrogen (secondary N) is 1. The Morgan fingerprint density at radius 3 is 2.12 bits per heavy atom. The number of aryl methyl sites for hydroxylation is 3. The molecule has 34 heavy (non-hydrogen) atoms. The Kier molecular flexibility index (Phi) is 5.70. The third-order valence-corrected chi connectivity index (χ3v) is 6.60. The van der Waals surface area contributed by atoms with E-state index in [9.17, 15) is 9.59 Å². The number of carbonyl (C=O) groups excluding carboxylic acids is 2. The standard InChI is InChI=1S/C29H29N3O2/c1-19-7-6-8-24(18-19)32-28(33)26(25-14-9-20(2)17-21(25)3)27(29(32)34)30-22-10-12-23(13-11-22)31-15-4-5-16-31/h6-14,17-18,30H,4-5,15-16H2,1-3H3. The zero-order valence-electron chi connectivity index (χ0n) is 19.9. The van der Waals surface area contributed by atoms with E-state index in [-0.39, 0.29) is 11.8 Å². The van der Waals surface area contributed by atoms with E-state index in [0.717, 1.165) is 41.0 Å². The Labute approximate surface area is 200 Å². The summed E-state index contributed by atoms with van der Waals surface area (Å²) in [6.07, 6.45) is 2.44. The molecule has 0 atom stereocenters. The van der Waals surface area contributed by atoms with Crippen molar-refractivity contribution in [2.75, 3.05) is 28.2 Å². The molecule has 3 aromatic carbocycles. The molecule has 2 aliphatic heterocycles. The quantitative estimate of drug-likeness (QED) is 0.513. The van der Waals surface area contributed by atoms with Crippen molar-refractivity contribution in [1.29, 1.82) is 0 Å². The lowest BCUT2D eigenvalue weighted by Crippen LogP contribution is -2.32. The van der Waals surface area contributed by atoms with Crippen LogP contribution in [0.1, 0.15) is 35.1 Å². The summed E-state index contributed by atoms with van der Waals surface area (Å²) in [5, 5.41) is 3.29. The van der Waals surface area contributed by atoms with Crippen LogP contribution in [-0.2, 0) is 9.59 Å². The van der Waals surface area contributed by atoms with Gasteiger partial charge in [-0.05, 0) is 86.7 Å². The molecule has 2 heterocycles. The molecule has 2 amide bonds. The number of hydrogen-bond acceptors (Lipinski definition) is 4. The summed E-state index contributed by atoms with van der Waals surface area (Å²) in [5.41, 5.74) is 7.11. The van der Waals surface area contributed by atoms with Crippen molar-refractivity contribution in [3.8, 4) is 0 Å². The molecular formula is C29H29N3O2. The molecule has 0 aliphatic carbocycles. The van der Waals surface area contributed by atoms with Gasteiger partial charge in [-0.1, -0.05) is 35.9 Å². The SMILES string of the molecule is Cc1cccc(N2C(=O)C(Nc3ccc(N4CCCC4)cc3)=C(c3ccc(C)cc3C)C2=O)c1. The number of rotatable bonds is 5. The Bertz CT molecular complexity index is 1300. The van der Waals surface area contributed by atoms with Crippen LogP contribution in [0.4, 0.5) is 17.1 Å². The number of amides is 2. The minimum absolute atomic E-state index is 0.307. The first-order valence-corrected chi connectivity index (χ1v) is 11.8. The summed E-state index contributed by atoms with van der Waals surface area (Å²) < 4.78 is 0. The molecule has 0 aromatic heterocycles. The fraction of sp³-hybridized carbons (Fsp3) is 0.241. The maximum Gasteiger partial charge on any atom is 0.282 e. The number of benzene rings is 3. The van der Waals surface area contributed by atoms with Gasteiger partial charge in [0.05, 0.1) is 11.3 Å². The minimum atomic E-state index is -0.339. The van der Waals surface area contributed by atoms with Crippen molar-refractivity contribution in [2.24, 2.45) is 0 Å². The molecule has 5 nitrogen and oxygen atoms in total. The largest absolute Gasteiger partial charge is 0.372 e. The molecule has 0 bridgehead atoms. The Morgan fingerprint density at radius 2 is 1.44 bits per heavy atom. The van der Waals surface area contributed by atoms with E-state index >= 15 is 0 Å². The molecule has 5 heteroatoms. The molecule has 0 saturated carbocycles. The summed E-state index contributed by atoms with van der Waals surface area (Å²) in [5.74, 6) is -0.645. The lowest BCUT2D eigenvalue weighted by molar-refractivity contribution is -0.120. The topological polar surface area (TPSA) is 52.7 Å². The first-order valence-electron chi connectivity index (χ1n) is 11.8. The maximum absolute atomic E-state index is 13.7. The molecule has 172 valence electrons. The predicted octanol–water partition coefficient (Wildman–Crippen LogP) is 5.61. The molecule has 0 unspecified atom stereocenters. The fourth-order valence-corrected chi connectivity index (χ4v) is 4.87. The second kappa shape index (κ2) is 8.82. The lowest BCUT2D eigenvalue weighted by atomic mass is 9.97. The van der Waals surface area contributed by atoms with Gasteiger partial charge in [-0.25, -0.2) is 4.90 Å². The van der Waals surface area contributed by atoms with Crippen molar-refractivity contribution in [2.45, 2.75) is 33.6 Å². The molecule has 1 N–H and O–H groups in total. The fourth-order valence-electron chi connectivity index (χ4n) is 4.87. The van der Waals surface area contributed by atoms with Crippen LogP contribution < -0.4 is 15.1 Å². The Balaban J connectivity index is 1.55. The molecule has 0 radical (unpaired) electrons. The zero-order chi connectivity index (χ0) is 23.8. The Morgan fingerprint density at radius 1 is 0.735 bits per heavy atom. The summed E-state index contributed by atoms with van der Waals surface area (Å²) in [6, 6.07) is 21.5. The van der Waals surface area contributed by atoms with E-state index in [1.54, 1.807) is 6.07 Å². The molecule has 2 aliphatic rings. The summed E-state index contributed by atoms with van der Waals surface area (Å²) in [4.78, 5) is 31.0. The maximum atomic E-state index is 13.7. The number of anilines is 3. The van der Waals surface area contributed by atoms with E-state index in [2.05, 4.69) is 22.3 Å².